The third-order valence-corrected chi connectivity index (χ3v) is 7.96. The van der Waals surface area contributed by atoms with Crippen molar-refractivity contribution in [3.63, 3.8) is 0 Å². The second-order valence-corrected chi connectivity index (χ2v) is 10.2. The third-order valence-electron chi connectivity index (χ3n) is 6.03. The zero-order valence-electron chi connectivity index (χ0n) is 17.9. The van der Waals surface area contributed by atoms with Gasteiger partial charge in [-0.05, 0) is 56.7 Å². The van der Waals surface area contributed by atoms with E-state index in [0.717, 1.165) is 63.7 Å². The number of benzene rings is 1. The third kappa shape index (κ3) is 5.12. The van der Waals surface area contributed by atoms with Crippen LogP contribution in [0, 0.1) is 0 Å². The van der Waals surface area contributed by atoms with E-state index >= 15 is 0 Å². The molecule has 0 radical (unpaired) electrons. The van der Waals surface area contributed by atoms with E-state index in [9.17, 15) is 13.2 Å². The van der Waals surface area contributed by atoms with Crippen LogP contribution < -0.4 is 4.90 Å². The van der Waals surface area contributed by atoms with Gasteiger partial charge in [0, 0.05) is 45.3 Å². The Morgan fingerprint density at radius 3 is 2.24 bits per heavy atom. The molecule has 7 heteroatoms. The summed E-state index contributed by atoms with van der Waals surface area (Å²) in [6, 6.07) is 5.27. The number of anilines is 1. The van der Waals surface area contributed by atoms with Gasteiger partial charge in [-0.2, -0.15) is 4.31 Å². The SMILES string of the molecule is CCCCN(C)C(=O)c1ccc(N2CCCCC2)c(S(=O)(=O)N2CCCCC2)c1. The second-order valence-electron chi connectivity index (χ2n) is 8.28. The molecule has 0 bridgehead atoms. The lowest BCUT2D eigenvalue weighted by molar-refractivity contribution is 0.0793. The molecule has 162 valence electrons. The van der Waals surface area contributed by atoms with Crippen molar-refractivity contribution >= 4 is 21.6 Å². The Bertz CT molecular complexity index is 798. The molecule has 29 heavy (non-hydrogen) atoms. The first-order valence-corrected chi connectivity index (χ1v) is 12.5. The Balaban J connectivity index is 1.98. The number of sulfonamides is 1. The monoisotopic (exact) mass is 421 g/mol. The van der Waals surface area contributed by atoms with Crippen LogP contribution in [-0.2, 0) is 10.0 Å². The second kappa shape index (κ2) is 9.94. The quantitative estimate of drug-likeness (QED) is 0.673. The number of amides is 1. The predicted molar refractivity (Wildman–Crippen MR) is 117 cm³/mol. The fourth-order valence-electron chi connectivity index (χ4n) is 4.21. The van der Waals surface area contributed by atoms with Crippen LogP contribution in [0.25, 0.3) is 0 Å². The van der Waals surface area contributed by atoms with Crippen molar-refractivity contribution in [3.05, 3.63) is 23.8 Å². The molecular formula is C22H35N3O3S. The van der Waals surface area contributed by atoms with Gasteiger partial charge >= 0.3 is 0 Å². The minimum Gasteiger partial charge on any atom is -0.370 e. The lowest BCUT2D eigenvalue weighted by Gasteiger charge is -2.33. The molecule has 6 nitrogen and oxygen atoms in total. The number of carbonyl (C=O) groups excluding carboxylic acids is 1. The Morgan fingerprint density at radius 2 is 1.62 bits per heavy atom. The molecule has 2 saturated heterocycles. The van der Waals surface area contributed by atoms with Crippen molar-refractivity contribution in [2.75, 3.05) is 44.7 Å². The van der Waals surface area contributed by atoms with Crippen LogP contribution >= 0.6 is 0 Å². The predicted octanol–water partition coefficient (Wildman–Crippen LogP) is 3.72. The average Bonchev–Trinajstić information content (AvgIpc) is 2.77. The normalized spacial score (nSPS) is 18.6. The topological polar surface area (TPSA) is 60.9 Å². The molecule has 0 aromatic heterocycles. The van der Waals surface area contributed by atoms with Gasteiger partial charge in [0.05, 0.1) is 5.69 Å². The van der Waals surface area contributed by atoms with E-state index in [1.807, 2.05) is 6.07 Å². The number of rotatable bonds is 7. The molecule has 2 heterocycles. The summed E-state index contributed by atoms with van der Waals surface area (Å²) >= 11 is 0. The van der Waals surface area contributed by atoms with Gasteiger partial charge in [-0.3, -0.25) is 4.79 Å². The fraction of sp³-hybridized carbons (Fsp3) is 0.682. The van der Waals surface area contributed by atoms with Gasteiger partial charge in [0.2, 0.25) is 10.0 Å². The van der Waals surface area contributed by atoms with Gasteiger partial charge < -0.3 is 9.80 Å². The van der Waals surface area contributed by atoms with Crippen LogP contribution in [0.1, 0.15) is 68.6 Å². The fourth-order valence-corrected chi connectivity index (χ4v) is 5.97. The van der Waals surface area contributed by atoms with Crippen molar-refractivity contribution < 1.29 is 13.2 Å². The van der Waals surface area contributed by atoms with E-state index < -0.39 is 10.0 Å². The Hall–Kier alpha value is -1.60. The lowest BCUT2D eigenvalue weighted by Crippen LogP contribution is -2.38. The lowest BCUT2D eigenvalue weighted by atomic mass is 10.1. The van der Waals surface area contributed by atoms with Gasteiger partial charge in [-0.25, -0.2) is 8.42 Å². The van der Waals surface area contributed by atoms with E-state index in [4.69, 9.17) is 0 Å². The molecule has 3 rings (SSSR count). The van der Waals surface area contributed by atoms with E-state index in [1.54, 1.807) is 28.4 Å². The highest BCUT2D eigenvalue weighted by atomic mass is 32.2. The van der Waals surface area contributed by atoms with E-state index in [1.165, 1.54) is 6.42 Å². The highest BCUT2D eigenvalue weighted by molar-refractivity contribution is 7.89. The van der Waals surface area contributed by atoms with Crippen LogP contribution in [0.4, 0.5) is 5.69 Å². The van der Waals surface area contributed by atoms with Crippen LogP contribution in [0.15, 0.2) is 23.1 Å². The average molecular weight is 422 g/mol. The van der Waals surface area contributed by atoms with Gasteiger partial charge in [-0.1, -0.05) is 19.8 Å². The Labute approximate surface area is 175 Å². The summed E-state index contributed by atoms with van der Waals surface area (Å²) in [5.74, 6) is -0.112. The van der Waals surface area contributed by atoms with E-state index in [2.05, 4.69) is 11.8 Å². The summed E-state index contributed by atoms with van der Waals surface area (Å²) in [7, 11) is -1.83. The minimum atomic E-state index is -3.62. The van der Waals surface area contributed by atoms with Crippen molar-refractivity contribution in [3.8, 4) is 0 Å². The summed E-state index contributed by atoms with van der Waals surface area (Å²) in [6.45, 7) is 5.64. The molecular weight excluding hydrogens is 386 g/mol. The number of nitrogens with zero attached hydrogens (tertiary/aromatic N) is 3. The molecule has 0 unspecified atom stereocenters. The first-order valence-electron chi connectivity index (χ1n) is 11.1. The Morgan fingerprint density at radius 1 is 1.00 bits per heavy atom. The van der Waals surface area contributed by atoms with Gasteiger partial charge in [-0.15, -0.1) is 0 Å². The van der Waals surface area contributed by atoms with Crippen LogP contribution in [0.2, 0.25) is 0 Å². The summed E-state index contributed by atoms with van der Waals surface area (Å²) in [5.41, 5.74) is 1.21. The van der Waals surface area contributed by atoms with Crippen LogP contribution in [-0.4, -0.2) is 63.3 Å². The van der Waals surface area contributed by atoms with E-state index in [-0.39, 0.29) is 5.91 Å². The van der Waals surface area contributed by atoms with E-state index in [0.29, 0.717) is 30.1 Å². The maximum absolute atomic E-state index is 13.5. The zero-order chi connectivity index (χ0) is 20.9. The first kappa shape index (κ1) is 22.1. The summed E-state index contributed by atoms with van der Waals surface area (Å²) in [6.07, 6.45) is 8.16. The highest BCUT2D eigenvalue weighted by Crippen LogP contribution is 2.32. The van der Waals surface area contributed by atoms with Gasteiger partial charge in [0.1, 0.15) is 4.90 Å². The first-order chi connectivity index (χ1) is 13.9. The number of carbonyl (C=O) groups is 1. The summed E-state index contributed by atoms with van der Waals surface area (Å²) < 4.78 is 28.7. The molecule has 1 aromatic rings. The maximum atomic E-state index is 13.5. The number of hydrogen-bond acceptors (Lipinski definition) is 4. The molecule has 0 spiro atoms. The van der Waals surface area contributed by atoms with Crippen molar-refractivity contribution in [1.82, 2.24) is 9.21 Å². The summed E-state index contributed by atoms with van der Waals surface area (Å²) in [5, 5.41) is 0. The van der Waals surface area contributed by atoms with Crippen molar-refractivity contribution in [1.29, 1.82) is 0 Å². The molecule has 0 atom stereocenters. The van der Waals surface area contributed by atoms with Gasteiger partial charge in [0.15, 0.2) is 0 Å². The summed E-state index contributed by atoms with van der Waals surface area (Å²) in [4.78, 5) is 17.1. The maximum Gasteiger partial charge on any atom is 0.253 e. The molecule has 2 aliphatic heterocycles. The number of piperidine rings is 2. The van der Waals surface area contributed by atoms with Crippen LogP contribution in [0.3, 0.4) is 0 Å². The number of hydrogen-bond donors (Lipinski definition) is 0. The molecule has 0 aliphatic carbocycles. The highest BCUT2D eigenvalue weighted by Gasteiger charge is 2.31. The van der Waals surface area contributed by atoms with Crippen LogP contribution in [0.5, 0.6) is 0 Å². The molecule has 0 saturated carbocycles. The van der Waals surface area contributed by atoms with Crippen molar-refractivity contribution in [2.24, 2.45) is 0 Å². The largest absolute Gasteiger partial charge is 0.370 e. The number of unbranched alkanes of at least 4 members (excludes halogenated alkanes) is 1. The molecule has 2 fully saturated rings. The van der Waals surface area contributed by atoms with Gasteiger partial charge in [0.25, 0.3) is 5.91 Å². The molecule has 1 aromatic carbocycles. The smallest absolute Gasteiger partial charge is 0.253 e. The van der Waals surface area contributed by atoms with Crippen molar-refractivity contribution in [2.45, 2.75) is 63.2 Å². The Kier molecular flexibility index (Phi) is 7.57. The molecule has 0 N–H and O–H groups in total. The zero-order valence-corrected chi connectivity index (χ0v) is 18.7. The standard InChI is InChI=1S/C22H35N3O3S/c1-3-4-13-23(2)22(26)19-11-12-20(24-14-7-5-8-15-24)21(18-19)29(27,28)25-16-9-6-10-17-25/h11-12,18H,3-10,13-17H2,1-2H3. The molecule has 2 aliphatic rings. The minimum absolute atomic E-state index is 0.112. The molecule has 1 amide bonds.